The molecule has 0 aromatic heterocycles. The molecule has 0 heterocycles. The predicted octanol–water partition coefficient (Wildman–Crippen LogP) is 2.51. The summed E-state index contributed by atoms with van der Waals surface area (Å²) in [5.74, 6) is -2.38. The molecular weight excluding hydrogens is 477 g/mol. The van der Waals surface area contributed by atoms with Gasteiger partial charge in [-0.15, -0.1) is 0 Å². The maximum absolute atomic E-state index is 12.1. The van der Waals surface area contributed by atoms with Crippen LogP contribution in [-0.4, -0.2) is 57.8 Å². The number of halogens is 3. The molecule has 0 amide bonds. The zero-order chi connectivity index (χ0) is 25.4. The number of phenols is 1. The smallest absolute Gasteiger partial charge is 0.507 e. The Morgan fingerprint density at radius 2 is 1.33 bits per heavy atom. The van der Waals surface area contributed by atoms with Gasteiger partial charge in [0.1, 0.15) is 5.75 Å². The van der Waals surface area contributed by atoms with Gasteiger partial charge in [0.25, 0.3) is 0 Å². The summed E-state index contributed by atoms with van der Waals surface area (Å²) in [6, 6.07) is 6.48. The van der Waals surface area contributed by atoms with Gasteiger partial charge in [0, 0.05) is 0 Å². The Bertz CT molecular complexity index is 1160. The highest BCUT2D eigenvalue weighted by molar-refractivity contribution is 7.88. The fraction of sp³-hybridized carbons (Fsp3) is 0.158. The number of ether oxygens (including phenoxy) is 2. The molecule has 178 valence electrons. The second-order valence-corrected chi connectivity index (χ2v) is 7.27. The lowest BCUT2D eigenvalue weighted by Gasteiger charge is -2.11. The third-order valence-electron chi connectivity index (χ3n) is 3.62. The lowest BCUT2D eigenvalue weighted by atomic mass is 10.1. The summed E-state index contributed by atoms with van der Waals surface area (Å²) in [6.45, 7) is 0. The minimum atomic E-state index is -5.90. The Kier molecular flexibility index (Phi) is 9.10. The van der Waals surface area contributed by atoms with Crippen molar-refractivity contribution in [2.75, 3.05) is 14.2 Å². The first-order chi connectivity index (χ1) is 15.3. The van der Waals surface area contributed by atoms with Crippen LogP contribution in [0.4, 0.5) is 13.2 Å². The van der Waals surface area contributed by atoms with E-state index < -0.39 is 38.9 Å². The van der Waals surface area contributed by atoms with E-state index in [1.54, 1.807) is 0 Å². The van der Waals surface area contributed by atoms with Crippen LogP contribution in [0.3, 0.4) is 0 Å². The molecule has 0 aliphatic carbocycles. The Morgan fingerprint density at radius 1 is 0.879 bits per heavy atom. The number of carbonyl (C=O) groups is 4. The van der Waals surface area contributed by atoms with Crippen LogP contribution in [0.15, 0.2) is 36.4 Å². The van der Waals surface area contributed by atoms with Gasteiger partial charge in [0.05, 0.1) is 36.5 Å². The lowest BCUT2D eigenvalue weighted by Crippen LogP contribution is -2.28. The van der Waals surface area contributed by atoms with Crippen LogP contribution < -0.4 is 4.18 Å². The number of carbonyl (C=O) groups excluding carboxylic acids is 4. The maximum atomic E-state index is 12.1. The Balaban J connectivity index is 0.000000361. The van der Waals surface area contributed by atoms with Gasteiger partial charge in [0.15, 0.2) is 18.3 Å². The van der Waals surface area contributed by atoms with Gasteiger partial charge in [-0.2, -0.15) is 21.6 Å². The van der Waals surface area contributed by atoms with E-state index in [0.717, 1.165) is 25.3 Å². The van der Waals surface area contributed by atoms with Crippen molar-refractivity contribution in [3.8, 4) is 11.5 Å². The molecule has 33 heavy (non-hydrogen) atoms. The van der Waals surface area contributed by atoms with Gasteiger partial charge >= 0.3 is 27.6 Å². The summed E-state index contributed by atoms with van der Waals surface area (Å²) in [4.78, 5) is 43.2. The topological polar surface area (TPSA) is 150 Å². The highest BCUT2D eigenvalue weighted by Gasteiger charge is 2.48. The maximum Gasteiger partial charge on any atom is 0.534 e. The van der Waals surface area contributed by atoms with Crippen LogP contribution in [0.2, 0.25) is 0 Å². The standard InChI is InChI=1S/C10H7F3O6S.C9H8O4/c1-18-9(15)6-2-3-8(7(4-6)5-14)19-20(16,17)10(11,12)13;1-13-9(12)6-2-3-8(11)7(4-6)5-10/h2-5H,1H3;2-5,11H,1H3. The first-order valence-corrected chi connectivity index (χ1v) is 9.76. The minimum Gasteiger partial charge on any atom is -0.507 e. The summed E-state index contributed by atoms with van der Waals surface area (Å²) < 4.78 is 70.6. The zero-order valence-electron chi connectivity index (χ0n) is 16.8. The predicted molar refractivity (Wildman–Crippen MR) is 104 cm³/mol. The molecule has 0 unspecified atom stereocenters. The molecule has 2 rings (SSSR count). The largest absolute Gasteiger partial charge is 0.534 e. The van der Waals surface area contributed by atoms with Gasteiger partial charge in [-0.1, -0.05) is 0 Å². The quantitative estimate of drug-likeness (QED) is 0.276. The highest BCUT2D eigenvalue weighted by Crippen LogP contribution is 2.29. The number of aromatic hydroxyl groups is 1. The number of benzene rings is 2. The SMILES string of the molecule is COC(=O)c1ccc(O)c(C=O)c1.COC(=O)c1ccc(OS(=O)(=O)C(F)(F)F)c(C=O)c1. The van der Waals surface area contributed by atoms with Gasteiger partial charge in [-0.3, -0.25) is 9.59 Å². The monoisotopic (exact) mass is 492 g/mol. The summed E-state index contributed by atoms with van der Waals surface area (Å²) in [5, 5.41) is 9.11. The van der Waals surface area contributed by atoms with Crippen molar-refractivity contribution in [2.45, 2.75) is 5.51 Å². The molecule has 0 spiro atoms. The molecule has 10 nitrogen and oxygen atoms in total. The van der Waals surface area contributed by atoms with Crippen LogP contribution in [-0.2, 0) is 19.6 Å². The van der Waals surface area contributed by atoms with Crippen molar-refractivity contribution in [3.05, 3.63) is 58.7 Å². The van der Waals surface area contributed by atoms with Crippen molar-refractivity contribution in [2.24, 2.45) is 0 Å². The average Bonchev–Trinajstić information content (AvgIpc) is 2.78. The summed E-state index contributed by atoms with van der Waals surface area (Å²) in [7, 11) is -3.59. The summed E-state index contributed by atoms with van der Waals surface area (Å²) in [6.07, 6.45) is 0.523. The van der Waals surface area contributed by atoms with Gasteiger partial charge < -0.3 is 18.8 Å². The first kappa shape index (κ1) is 27.1. The minimum absolute atomic E-state index is 0.0493. The molecule has 0 aliphatic rings. The zero-order valence-corrected chi connectivity index (χ0v) is 17.6. The van der Waals surface area contributed by atoms with Crippen LogP contribution in [0.5, 0.6) is 11.5 Å². The molecule has 2 aromatic carbocycles. The van der Waals surface area contributed by atoms with E-state index in [4.69, 9.17) is 5.11 Å². The van der Waals surface area contributed by atoms with Crippen LogP contribution in [0.1, 0.15) is 41.4 Å². The normalized spacial score (nSPS) is 10.8. The van der Waals surface area contributed by atoms with E-state index >= 15 is 0 Å². The van der Waals surface area contributed by atoms with Crippen molar-refractivity contribution >= 4 is 34.6 Å². The number of methoxy groups -OCH3 is 2. The Hall–Kier alpha value is -3.94. The van der Waals surface area contributed by atoms with Crippen LogP contribution in [0, 0.1) is 0 Å². The number of alkyl halides is 3. The fourth-order valence-corrected chi connectivity index (χ4v) is 2.50. The third-order valence-corrected chi connectivity index (χ3v) is 4.58. The first-order valence-electron chi connectivity index (χ1n) is 8.36. The van der Waals surface area contributed by atoms with E-state index in [2.05, 4.69) is 13.7 Å². The molecule has 0 fully saturated rings. The number of phenolic OH excluding ortho intramolecular Hbond substituents is 1. The molecule has 0 bridgehead atoms. The molecule has 0 radical (unpaired) electrons. The fourth-order valence-electron chi connectivity index (χ4n) is 2.02. The van der Waals surface area contributed by atoms with Gasteiger partial charge in [-0.05, 0) is 36.4 Å². The second-order valence-electron chi connectivity index (χ2n) is 5.73. The van der Waals surface area contributed by atoms with Crippen molar-refractivity contribution in [1.82, 2.24) is 0 Å². The van der Waals surface area contributed by atoms with Crippen molar-refractivity contribution in [3.63, 3.8) is 0 Å². The molecule has 0 aliphatic heterocycles. The highest BCUT2D eigenvalue weighted by atomic mass is 32.2. The van der Waals surface area contributed by atoms with Crippen LogP contribution in [0.25, 0.3) is 0 Å². The second kappa shape index (κ2) is 11.1. The molecule has 0 saturated heterocycles. The number of esters is 2. The lowest BCUT2D eigenvalue weighted by molar-refractivity contribution is -0.0500. The number of aldehydes is 2. The Labute approximate surface area is 184 Å². The van der Waals surface area contributed by atoms with E-state index in [1.165, 1.54) is 25.3 Å². The average molecular weight is 492 g/mol. The molecule has 0 saturated carbocycles. The number of hydrogen-bond acceptors (Lipinski definition) is 10. The van der Waals surface area contributed by atoms with Crippen molar-refractivity contribution in [1.29, 1.82) is 0 Å². The van der Waals surface area contributed by atoms with E-state index in [9.17, 15) is 40.8 Å². The molecule has 2 aromatic rings. The molecular formula is C19H15F3O10S. The number of hydrogen-bond donors (Lipinski definition) is 1. The Morgan fingerprint density at radius 3 is 1.76 bits per heavy atom. The molecule has 1 N–H and O–H groups in total. The summed E-state index contributed by atoms with van der Waals surface area (Å²) >= 11 is 0. The van der Waals surface area contributed by atoms with Gasteiger partial charge in [-0.25, -0.2) is 9.59 Å². The third kappa shape index (κ3) is 7.03. The van der Waals surface area contributed by atoms with E-state index in [-0.39, 0.29) is 28.7 Å². The molecule has 0 atom stereocenters. The molecule has 14 heteroatoms. The van der Waals surface area contributed by atoms with Gasteiger partial charge in [0.2, 0.25) is 0 Å². The summed E-state index contributed by atoms with van der Waals surface area (Å²) in [5.41, 5.74) is -6.01. The van der Waals surface area contributed by atoms with Crippen molar-refractivity contribution < 1.29 is 59.5 Å². The van der Waals surface area contributed by atoms with E-state index in [0.29, 0.717) is 6.29 Å². The van der Waals surface area contributed by atoms with E-state index in [1.807, 2.05) is 0 Å². The van der Waals surface area contributed by atoms with Crippen LogP contribution >= 0.6 is 0 Å². The number of rotatable bonds is 6.